The Hall–Kier alpha value is -1.44. The first-order chi connectivity index (χ1) is 11.5. The van der Waals surface area contributed by atoms with Gasteiger partial charge in [-0.25, -0.2) is 0 Å². The molecule has 1 unspecified atom stereocenters. The Labute approximate surface area is 158 Å². The summed E-state index contributed by atoms with van der Waals surface area (Å²) < 4.78 is 5.27. The summed E-state index contributed by atoms with van der Waals surface area (Å²) in [4.78, 5) is 19.7. The van der Waals surface area contributed by atoms with Gasteiger partial charge >= 0.3 is 0 Å². The number of hydrogen-bond donors (Lipinski definition) is 1. The lowest BCUT2D eigenvalue weighted by Crippen LogP contribution is -2.53. The van der Waals surface area contributed by atoms with Crippen LogP contribution in [0, 0.1) is 5.41 Å². The number of amides is 1. The van der Waals surface area contributed by atoms with Gasteiger partial charge in [-0.3, -0.25) is 4.79 Å². The van der Waals surface area contributed by atoms with Gasteiger partial charge in [0.25, 0.3) is 0 Å². The van der Waals surface area contributed by atoms with Crippen molar-refractivity contribution in [2.24, 2.45) is 11.1 Å². The zero-order chi connectivity index (χ0) is 17.2. The molecule has 0 aromatic carbocycles. The number of aryl methyl sites for hydroxylation is 1. The van der Waals surface area contributed by atoms with Crippen LogP contribution in [0.5, 0.6) is 0 Å². The average Bonchev–Trinajstić information content (AvgIpc) is 3.20. The minimum Gasteiger partial charge on any atom is -0.342 e. The number of hydrogen-bond acceptors (Lipinski definition) is 6. The van der Waals surface area contributed by atoms with Crippen molar-refractivity contribution in [1.82, 2.24) is 15.0 Å². The molecule has 2 aromatic rings. The third-order valence-corrected chi connectivity index (χ3v) is 5.52. The van der Waals surface area contributed by atoms with E-state index in [1.165, 1.54) is 0 Å². The summed E-state index contributed by atoms with van der Waals surface area (Å²) in [6, 6.07) is 4.09. The molecule has 1 atom stereocenters. The second kappa shape index (κ2) is 8.29. The lowest BCUT2D eigenvalue weighted by atomic mass is 9.79. The highest BCUT2D eigenvalue weighted by Crippen LogP contribution is 2.28. The standard InChI is InChI=1S/C17H24N4O2S.ClH/c1-17(2)11-21(9-8-13(17)18)15(22)7-3-6-14-19-16(20-23-14)12-5-4-10-24-12;/h4-5,10,13H,3,6-9,11,18H2,1-2H3;1H. The molecule has 2 aromatic heterocycles. The Morgan fingerprint density at radius 1 is 1.52 bits per heavy atom. The van der Waals surface area contributed by atoms with Crippen molar-refractivity contribution >= 4 is 29.7 Å². The summed E-state index contributed by atoms with van der Waals surface area (Å²) in [5, 5.41) is 5.97. The lowest BCUT2D eigenvalue weighted by molar-refractivity contribution is -0.134. The van der Waals surface area contributed by atoms with Crippen LogP contribution in [-0.2, 0) is 11.2 Å². The molecule has 3 rings (SSSR count). The molecule has 1 aliphatic rings. The van der Waals surface area contributed by atoms with Crippen molar-refractivity contribution in [1.29, 1.82) is 0 Å². The Kier molecular flexibility index (Phi) is 6.59. The molecule has 1 saturated heterocycles. The van der Waals surface area contributed by atoms with Gasteiger partial charge in [0.05, 0.1) is 4.88 Å². The normalized spacial score (nSPS) is 19.5. The summed E-state index contributed by atoms with van der Waals surface area (Å²) in [5.74, 6) is 1.40. The number of piperidine rings is 1. The summed E-state index contributed by atoms with van der Waals surface area (Å²) >= 11 is 1.58. The number of carbonyl (C=O) groups excluding carboxylic acids is 1. The fourth-order valence-corrected chi connectivity index (χ4v) is 3.65. The molecule has 138 valence electrons. The van der Waals surface area contributed by atoms with Crippen LogP contribution in [-0.4, -0.2) is 40.1 Å². The Bertz CT molecular complexity index is 687. The number of aromatic nitrogens is 2. The van der Waals surface area contributed by atoms with Gasteiger partial charge in [-0.15, -0.1) is 23.7 Å². The smallest absolute Gasteiger partial charge is 0.226 e. The number of carbonyl (C=O) groups is 1. The van der Waals surface area contributed by atoms with Gasteiger partial charge in [-0.05, 0) is 29.7 Å². The van der Waals surface area contributed by atoms with E-state index in [1.807, 2.05) is 22.4 Å². The number of rotatable bonds is 5. The SMILES string of the molecule is CC1(C)CN(C(=O)CCCc2nc(-c3cccs3)no2)CCC1N.Cl. The van der Waals surface area contributed by atoms with Gasteiger partial charge in [-0.1, -0.05) is 25.1 Å². The van der Waals surface area contributed by atoms with Gasteiger partial charge in [0, 0.05) is 32.0 Å². The molecule has 0 radical (unpaired) electrons. The van der Waals surface area contributed by atoms with E-state index in [0.717, 1.165) is 24.4 Å². The summed E-state index contributed by atoms with van der Waals surface area (Å²) in [6.07, 6.45) is 2.71. The first-order valence-electron chi connectivity index (χ1n) is 8.35. The number of nitrogens with zero attached hydrogens (tertiary/aromatic N) is 3. The van der Waals surface area contributed by atoms with E-state index in [0.29, 0.717) is 31.0 Å². The van der Waals surface area contributed by atoms with Gasteiger partial charge in [0.15, 0.2) is 0 Å². The van der Waals surface area contributed by atoms with E-state index in [2.05, 4.69) is 24.0 Å². The minimum absolute atomic E-state index is 0. The van der Waals surface area contributed by atoms with Crippen molar-refractivity contribution in [3.8, 4) is 10.7 Å². The Balaban J connectivity index is 0.00000225. The maximum absolute atomic E-state index is 12.4. The predicted molar refractivity (Wildman–Crippen MR) is 101 cm³/mol. The molecule has 6 nitrogen and oxygen atoms in total. The fourth-order valence-electron chi connectivity index (χ4n) is 3.00. The van der Waals surface area contributed by atoms with Gasteiger partial charge in [0.2, 0.25) is 17.6 Å². The van der Waals surface area contributed by atoms with E-state index in [9.17, 15) is 4.79 Å². The van der Waals surface area contributed by atoms with Gasteiger partial charge < -0.3 is 15.2 Å². The van der Waals surface area contributed by atoms with E-state index < -0.39 is 0 Å². The molecular weight excluding hydrogens is 360 g/mol. The van der Waals surface area contributed by atoms with Crippen LogP contribution < -0.4 is 5.73 Å². The van der Waals surface area contributed by atoms with Crippen LogP contribution in [0.15, 0.2) is 22.0 Å². The molecular formula is C17H25ClN4O2S. The van der Waals surface area contributed by atoms with E-state index in [-0.39, 0.29) is 29.8 Å². The highest BCUT2D eigenvalue weighted by molar-refractivity contribution is 7.13. The second-order valence-electron chi connectivity index (χ2n) is 7.04. The van der Waals surface area contributed by atoms with E-state index in [4.69, 9.17) is 10.3 Å². The number of halogens is 1. The quantitative estimate of drug-likeness (QED) is 0.855. The zero-order valence-electron chi connectivity index (χ0n) is 14.6. The van der Waals surface area contributed by atoms with Crippen LogP contribution in [0.4, 0.5) is 0 Å². The summed E-state index contributed by atoms with van der Waals surface area (Å²) in [6.45, 7) is 5.74. The molecule has 8 heteroatoms. The topological polar surface area (TPSA) is 85.2 Å². The second-order valence-corrected chi connectivity index (χ2v) is 7.99. The Morgan fingerprint density at radius 2 is 2.32 bits per heavy atom. The summed E-state index contributed by atoms with van der Waals surface area (Å²) in [5.41, 5.74) is 6.11. The first-order valence-corrected chi connectivity index (χ1v) is 9.23. The third-order valence-electron chi connectivity index (χ3n) is 4.66. The molecule has 2 N–H and O–H groups in total. The third kappa shape index (κ3) is 4.80. The monoisotopic (exact) mass is 384 g/mol. The van der Waals surface area contributed by atoms with Crippen LogP contribution in [0.1, 0.15) is 39.0 Å². The average molecular weight is 385 g/mol. The lowest BCUT2D eigenvalue weighted by Gasteiger charge is -2.42. The zero-order valence-corrected chi connectivity index (χ0v) is 16.2. The van der Waals surface area contributed by atoms with Gasteiger partial charge in [0.1, 0.15) is 0 Å². The predicted octanol–water partition coefficient (Wildman–Crippen LogP) is 3.13. The molecule has 1 aliphatic heterocycles. The van der Waals surface area contributed by atoms with Crippen LogP contribution in [0.3, 0.4) is 0 Å². The minimum atomic E-state index is -0.0179. The van der Waals surface area contributed by atoms with E-state index >= 15 is 0 Å². The van der Waals surface area contributed by atoms with Crippen molar-refractivity contribution in [2.45, 2.75) is 45.6 Å². The molecule has 1 amide bonds. The molecule has 0 spiro atoms. The van der Waals surface area contributed by atoms with Crippen molar-refractivity contribution < 1.29 is 9.32 Å². The maximum atomic E-state index is 12.4. The molecule has 25 heavy (non-hydrogen) atoms. The molecule has 0 saturated carbocycles. The number of likely N-dealkylation sites (tertiary alicyclic amines) is 1. The van der Waals surface area contributed by atoms with E-state index in [1.54, 1.807) is 11.3 Å². The van der Waals surface area contributed by atoms with Crippen LogP contribution >= 0.6 is 23.7 Å². The highest BCUT2D eigenvalue weighted by Gasteiger charge is 2.35. The van der Waals surface area contributed by atoms with Crippen LogP contribution in [0.2, 0.25) is 0 Å². The van der Waals surface area contributed by atoms with Crippen molar-refractivity contribution in [3.05, 3.63) is 23.4 Å². The highest BCUT2D eigenvalue weighted by atomic mass is 35.5. The molecule has 0 bridgehead atoms. The van der Waals surface area contributed by atoms with Crippen LogP contribution in [0.25, 0.3) is 10.7 Å². The van der Waals surface area contributed by atoms with Crippen molar-refractivity contribution in [2.75, 3.05) is 13.1 Å². The molecule has 1 fully saturated rings. The number of thiophene rings is 1. The fraction of sp³-hybridized carbons (Fsp3) is 0.588. The number of nitrogens with two attached hydrogens (primary N) is 1. The van der Waals surface area contributed by atoms with Gasteiger partial charge in [-0.2, -0.15) is 4.98 Å². The first kappa shape index (κ1) is 19.9. The molecule has 0 aliphatic carbocycles. The summed E-state index contributed by atoms with van der Waals surface area (Å²) in [7, 11) is 0. The van der Waals surface area contributed by atoms with Crippen molar-refractivity contribution in [3.63, 3.8) is 0 Å². The Morgan fingerprint density at radius 3 is 3.00 bits per heavy atom. The largest absolute Gasteiger partial charge is 0.342 e. The maximum Gasteiger partial charge on any atom is 0.226 e. The molecule has 3 heterocycles.